The fourth-order valence-electron chi connectivity index (χ4n) is 1.93. The number of likely N-dealkylation sites (tertiary alicyclic amines) is 1. The first-order valence-electron chi connectivity index (χ1n) is 5.36. The molecule has 0 saturated carbocycles. The molecule has 0 aromatic rings. The molecule has 1 aliphatic heterocycles. The van der Waals surface area contributed by atoms with Gasteiger partial charge in [-0.25, -0.2) is 0 Å². The molecule has 15 heavy (non-hydrogen) atoms. The van der Waals surface area contributed by atoms with Crippen LogP contribution in [0.4, 0.5) is 0 Å². The lowest BCUT2D eigenvalue weighted by Gasteiger charge is -2.24. The molecule has 1 fully saturated rings. The molecule has 1 rings (SSSR count). The fraction of sp³-hybridized carbons (Fsp3) is 0.900. The van der Waals surface area contributed by atoms with Crippen LogP contribution < -0.4 is 5.73 Å². The number of carbonyl (C=O) groups is 1. The monoisotopic (exact) mass is 216 g/mol. The van der Waals surface area contributed by atoms with E-state index in [4.69, 9.17) is 15.6 Å². The van der Waals surface area contributed by atoms with E-state index in [9.17, 15) is 4.79 Å². The molecule has 3 N–H and O–H groups in total. The van der Waals surface area contributed by atoms with Crippen molar-refractivity contribution in [3.63, 3.8) is 0 Å². The predicted molar refractivity (Wildman–Crippen MR) is 56.3 cm³/mol. The Morgan fingerprint density at radius 2 is 2.47 bits per heavy atom. The first-order chi connectivity index (χ1) is 7.22. The molecular formula is C10H20N2O3. The zero-order chi connectivity index (χ0) is 11.3. The summed E-state index contributed by atoms with van der Waals surface area (Å²) in [6.07, 6.45) is 1.96. The maximum absolute atomic E-state index is 11.8. The Labute approximate surface area is 90.2 Å². The standard InChI is InChI=1S/C10H20N2O3/c1-15-9(6-11)5-10(14)12-4-2-3-8(12)7-13/h8-9,13H,2-7,11H2,1H3/t8-,9?/m0/s1. The van der Waals surface area contributed by atoms with Crippen LogP contribution in [0.25, 0.3) is 0 Å². The molecule has 2 atom stereocenters. The number of methoxy groups -OCH3 is 1. The van der Waals surface area contributed by atoms with Gasteiger partial charge in [0.05, 0.1) is 25.2 Å². The van der Waals surface area contributed by atoms with Gasteiger partial charge < -0.3 is 20.5 Å². The summed E-state index contributed by atoms with van der Waals surface area (Å²) in [6.45, 7) is 1.14. The van der Waals surface area contributed by atoms with Crippen LogP contribution >= 0.6 is 0 Å². The zero-order valence-electron chi connectivity index (χ0n) is 9.19. The number of hydrogen-bond donors (Lipinski definition) is 2. The van der Waals surface area contributed by atoms with Gasteiger partial charge in [0.25, 0.3) is 0 Å². The van der Waals surface area contributed by atoms with Gasteiger partial charge in [-0.15, -0.1) is 0 Å². The van der Waals surface area contributed by atoms with Crippen LogP contribution in [0.1, 0.15) is 19.3 Å². The van der Waals surface area contributed by atoms with Gasteiger partial charge in [0.1, 0.15) is 0 Å². The Hall–Kier alpha value is -0.650. The van der Waals surface area contributed by atoms with E-state index in [0.29, 0.717) is 13.0 Å². The summed E-state index contributed by atoms with van der Waals surface area (Å²) in [5, 5.41) is 9.08. The maximum atomic E-state index is 11.8. The van der Waals surface area contributed by atoms with E-state index in [1.807, 2.05) is 0 Å². The lowest BCUT2D eigenvalue weighted by Crippen LogP contribution is -2.40. The topological polar surface area (TPSA) is 75.8 Å². The van der Waals surface area contributed by atoms with Crippen LogP contribution in [0.15, 0.2) is 0 Å². The normalized spacial score (nSPS) is 23.1. The Balaban J connectivity index is 2.45. The number of rotatable bonds is 5. The number of carbonyl (C=O) groups excluding carboxylic acids is 1. The van der Waals surface area contributed by atoms with E-state index >= 15 is 0 Å². The van der Waals surface area contributed by atoms with Crippen LogP contribution in [-0.2, 0) is 9.53 Å². The molecule has 1 unspecified atom stereocenters. The number of nitrogens with zero attached hydrogens (tertiary/aromatic N) is 1. The number of amides is 1. The predicted octanol–water partition coefficient (Wildman–Crippen LogP) is -0.666. The Morgan fingerprint density at radius 3 is 3.00 bits per heavy atom. The summed E-state index contributed by atoms with van der Waals surface area (Å²) in [5.74, 6) is 0.0313. The summed E-state index contributed by atoms with van der Waals surface area (Å²) < 4.78 is 5.06. The minimum absolute atomic E-state index is 0.00668. The Morgan fingerprint density at radius 1 is 1.73 bits per heavy atom. The van der Waals surface area contributed by atoms with Crippen LogP contribution in [-0.4, -0.2) is 54.9 Å². The van der Waals surface area contributed by atoms with Crippen LogP contribution in [0.3, 0.4) is 0 Å². The molecule has 0 spiro atoms. The highest BCUT2D eigenvalue weighted by molar-refractivity contribution is 5.77. The Bertz CT molecular complexity index is 207. The zero-order valence-corrected chi connectivity index (χ0v) is 9.19. The number of hydrogen-bond acceptors (Lipinski definition) is 4. The van der Waals surface area contributed by atoms with Gasteiger partial charge in [0, 0.05) is 20.2 Å². The van der Waals surface area contributed by atoms with E-state index in [1.54, 1.807) is 12.0 Å². The second-order valence-corrected chi connectivity index (χ2v) is 3.86. The molecule has 88 valence electrons. The molecule has 1 aliphatic rings. The highest BCUT2D eigenvalue weighted by Crippen LogP contribution is 2.18. The van der Waals surface area contributed by atoms with Crippen LogP contribution in [0.2, 0.25) is 0 Å². The highest BCUT2D eigenvalue weighted by atomic mass is 16.5. The van der Waals surface area contributed by atoms with Crippen molar-refractivity contribution in [2.45, 2.75) is 31.4 Å². The van der Waals surface area contributed by atoms with Gasteiger partial charge in [0.2, 0.25) is 5.91 Å². The van der Waals surface area contributed by atoms with Crippen molar-refractivity contribution in [1.82, 2.24) is 4.90 Å². The third-order valence-corrected chi connectivity index (χ3v) is 2.91. The van der Waals surface area contributed by atoms with Gasteiger partial charge in [-0.05, 0) is 12.8 Å². The largest absolute Gasteiger partial charge is 0.394 e. The van der Waals surface area contributed by atoms with Gasteiger partial charge >= 0.3 is 0 Å². The average molecular weight is 216 g/mol. The number of aliphatic hydroxyl groups excluding tert-OH is 1. The van der Waals surface area contributed by atoms with Gasteiger partial charge in [-0.3, -0.25) is 4.79 Å². The van der Waals surface area contributed by atoms with Crippen LogP contribution in [0, 0.1) is 0 Å². The first-order valence-corrected chi connectivity index (χ1v) is 5.36. The molecule has 0 aliphatic carbocycles. The third-order valence-electron chi connectivity index (χ3n) is 2.91. The van der Waals surface area contributed by atoms with Gasteiger partial charge in [-0.1, -0.05) is 0 Å². The smallest absolute Gasteiger partial charge is 0.225 e. The van der Waals surface area contributed by atoms with Crippen molar-refractivity contribution in [2.24, 2.45) is 5.73 Å². The van der Waals surface area contributed by atoms with E-state index in [1.165, 1.54) is 0 Å². The first kappa shape index (κ1) is 12.4. The van der Waals surface area contributed by atoms with Crippen molar-refractivity contribution >= 4 is 5.91 Å². The van der Waals surface area contributed by atoms with Crippen molar-refractivity contribution in [2.75, 3.05) is 26.8 Å². The SMILES string of the molecule is COC(CN)CC(=O)N1CCC[C@H]1CO. The minimum atomic E-state index is -0.211. The molecule has 0 radical (unpaired) electrons. The summed E-state index contributed by atoms with van der Waals surface area (Å²) in [5.41, 5.74) is 5.45. The van der Waals surface area contributed by atoms with Crippen molar-refractivity contribution in [3.8, 4) is 0 Å². The molecule has 0 bridgehead atoms. The molecule has 1 heterocycles. The van der Waals surface area contributed by atoms with Gasteiger partial charge in [0.15, 0.2) is 0 Å². The molecule has 1 saturated heterocycles. The minimum Gasteiger partial charge on any atom is -0.394 e. The average Bonchev–Trinajstić information content (AvgIpc) is 2.73. The molecule has 0 aromatic carbocycles. The van der Waals surface area contributed by atoms with E-state index < -0.39 is 0 Å². The summed E-state index contributed by atoms with van der Waals surface area (Å²) in [4.78, 5) is 13.6. The highest BCUT2D eigenvalue weighted by Gasteiger charge is 2.28. The molecule has 5 nitrogen and oxygen atoms in total. The third kappa shape index (κ3) is 3.15. The number of aliphatic hydroxyl groups is 1. The second kappa shape index (κ2) is 6.05. The van der Waals surface area contributed by atoms with Crippen molar-refractivity contribution < 1.29 is 14.6 Å². The second-order valence-electron chi connectivity index (χ2n) is 3.86. The molecular weight excluding hydrogens is 196 g/mol. The van der Waals surface area contributed by atoms with Gasteiger partial charge in [-0.2, -0.15) is 0 Å². The van der Waals surface area contributed by atoms with Crippen LogP contribution in [0.5, 0.6) is 0 Å². The van der Waals surface area contributed by atoms with Crippen molar-refractivity contribution in [3.05, 3.63) is 0 Å². The lowest BCUT2D eigenvalue weighted by molar-refractivity contribution is -0.135. The van der Waals surface area contributed by atoms with E-state index in [-0.39, 0.29) is 24.7 Å². The summed E-state index contributed by atoms with van der Waals surface area (Å²) in [6, 6.07) is -0.00668. The summed E-state index contributed by atoms with van der Waals surface area (Å²) >= 11 is 0. The number of nitrogens with two attached hydrogens (primary N) is 1. The summed E-state index contributed by atoms with van der Waals surface area (Å²) in [7, 11) is 1.55. The Kier molecular flexibility index (Phi) is 5.01. The number of ether oxygens (including phenoxy) is 1. The molecule has 5 heteroatoms. The molecule has 0 aromatic heterocycles. The molecule has 1 amide bonds. The maximum Gasteiger partial charge on any atom is 0.225 e. The quantitative estimate of drug-likeness (QED) is 0.639. The van der Waals surface area contributed by atoms with Crippen molar-refractivity contribution in [1.29, 1.82) is 0 Å². The van der Waals surface area contributed by atoms with E-state index in [0.717, 1.165) is 19.4 Å². The lowest BCUT2D eigenvalue weighted by atomic mass is 10.2. The fourth-order valence-corrected chi connectivity index (χ4v) is 1.93. The van der Waals surface area contributed by atoms with E-state index in [2.05, 4.69) is 0 Å².